The van der Waals surface area contributed by atoms with E-state index in [1.807, 2.05) is 0 Å². The van der Waals surface area contributed by atoms with E-state index in [2.05, 4.69) is 49.8 Å². The maximum atomic E-state index is 13.3. The van der Waals surface area contributed by atoms with Crippen LogP contribution in [0.3, 0.4) is 0 Å². The molecule has 1 heterocycles. The largest absolute Gasteiger partial charge is 0.354 e. The van der Waals surface area contributed by atoms with E-state index in [4.69, 9.17) is 0 Å². The molecule has 0 saturated carbocycles. The average molecular weight is 253 g/mol. The quantitative estimate of drug-likeness (QED) is 0.845. The Hall–Kier alpha value is -1.16. The van der Waals surface area contributed by atoms with Crippen molar-refractivity contribution < 1.29 is 4.39 Å². The molecule has 0 bridgehead atoms. The highest BCUT2D eigenvalue weighted by atomic mass is 19.1. The normalized spacial score (nSPS) is 11.3. The van der Waals surface area contributed by atoms with Crippen molar-refractivity contribution in [2.75, 3.05) is 11.4 Å². The molecule has 0 unspecified atom stereocenters. The van der Waals surface area contributed by atoms with E-state index in [1.54, 1.807) is 6.07 Å². The highest BCUT2D eigenvalue weighted by molar-refractivity contribution is 5.47. The lowest BCUT2D eigenvalue weighted by Crippen LogP contribution is -2.33. The highest BCUT2D eigenvalue weighted by Gasteiger charge is 2.15. The zero-order chi connectivity index (χ0) is 13.7. The van der Waals surface area contributed by atoms with Crippen molar-refractivity contribution in [2.45, 2.75) is 53.2 Å². The molecule has 18 heavy (non-hydrogen) atoms. The van der Waals surface area contributed by atoms with Gasteiger partial charge in [-0.25, -0.2) is 9.37 Å². The molecule has 0 amide bonds. The van der Waals surface area contributed by atoms with Crippen LogP contribution in [0.1, 0.15) is 40.2 Å². The van der Waals surface area contributed by atoms with Gasteiger partial charge in [-0.05, 0) is 26.8 Å². The van der Waals surface area contributed by atoms with Crippen LogP contribution in [0.2, 0.25) is 0 Å². The van der Waals surface area contributed by atoms with Crippen LogP contribution in [-0.4, -0.2) is 23.6 Å². The van der Waals surface area contributed by atoms with Gasteiger partial charge in [0.2, 0.25) is 0 Å². The lowest BCUT2D eigenvalue weighted by atomic mass is 10.2. The summed E-state index contributed by atoms with van der Waals surface area (Å²) in [6, 6.07) is 2.30. The second kappa shape index (κ2) is 6.69. The second-order valence-corrected chi connectivity index (χ2v) is 5.05. The third-order valence-corrected chi connectivity index (χ3v) is 2.85. The molecule has 3 nitrogen and oxygen atoms in total. The lowest BCUT2D eigenvalue weighted by Gasteiger charge is -2.28. The summed E-state index contributed by atoms with van der Waals surface area (Å²) in [5.74, 6) is 0.598. The van der Waals surface area contributed by atoms with Crippen LogP contribution in [0, 0.1) is 5.82 Å². The molecule has 0 saturated heterocycles. The minimum Gasteiger partial charge on any atom is -0.354 e. The molecule has 4 heteroatoms. The van der Waals surface area contributed by atoms with Crippen molar-refractivity contribution in [2.24, 2.45) is 0 Å². The summed E-state index contributed by atoms with van der Waals surface area (Å²) in [6.45, 7) is 12.0. The topological polar surface area (TPSA) is 28.2 Å². The number of aromatic nitrogens is 1. The second-order valence-electron chi connectivity index (χ2n) is 5.05. The summed E-state index contributed by atoms with van der Waals surface area (Å²) in [6.07, 6.45) is 1.29. The fourth-order valence-corrected chi connectivity index (χ4v) is 1.94. The van der Waals surface area contributed by atoms with Crippen molar-refractivity contribution in [3.05, 3.63) is 23.6 Å². The number of pyridine rings is 1. The van der Waals surface area contributed by atoms with E-state index in [9.17, 15) is 4.39 Å². The summed E-state index contributed by atoms with van der Waals surface area (Å²) in [4.78, 5) is 6.44. The molecule has 0 aliphatic heterocycles. The van der Waals surface area contributed by atoms with Crippen LogP contribution in [-0.2, 0) is 6.54 Å². The van der Waals surface area contributed by atoms with Crippen LogP contribution in [0.25, 0.3) is 0 Å². The van der Waals surface area contributed by atoms with Gasteiger partial charge < -0.3 is 10.2 Å². The Morgan fingerprint density at radius 2 is 2.00 bits per heavy atom. The third kappa shape index (κ3) is 3.95. The molecular formula is C14H24FN3. The Morgan fingerprint density at radius 3 is 2.50 bits per heavy atom. The molecule has 102 valence electrons. The number of hydrogen-bond donors (Lipinski definition) is 1. The van der Waals surface area contributed by atoms with Crippen LogP contribution in [0.5, 0.6) is 0 Å². The van der Waals surface area contributed by atoms with Gasteiger partial charge in [0, 0.05) is 30.7 Å². The Kier molecular flexibility index (Phi) is 5.54. The smallest absolute Gasteiger partial charge is 0.141 e. The van der Waals surface area contributed by atoms with E-state index in [-0.39, 0.29) is 5.82 Å². The first kappa shape index (κ1) is 14.9. The summed E-state index contributed by atoms with van der Waals surface area (Å²) < 4.78 is 13.3. The zero-order valence-electron chi connectivity index (χ0n) is 12.0. The van der Waals surface area contributed by atoms with Crippen molar-refractivity contribution in [1.29, 1.82) is 0 Å². The van der Waals surface area contributed by atoms with Gasteiger partial charge in [-0.2, -0.15) is 0 Å². The van der Waals surface area contributed by atoms with Crippen molar-refractivity contribution in [1.82, 2.24) is 10.3 Å². The lowest BCUT2D eigenvalue weighted by molar-refractivity contribution is 0.573. The summed E-state index contributed by atoms with van der Waals surface area (Å²) in [5.41, 5.74) is 0.916. The monoisotopic (exact) mass is 253 g/mol. The maximum absolute atomic E-state index is 13.3. The van der Waals surface area contributed by atoms with E-state index in [0.29, 0.717) is 18.6 Å². The molecule has 1 rings (SSSR count). The molecule has 0 atom stereocenters. The van der Waals surface area contributed by atoms with E-state index < -0.39 is 0 Å². The van der Waals surface area contributed by atoms with E-state index >= 15 is 0 Å². The zero-order valence-corrected chi connectivity index (χ0v) is 12.0. The van der Waals surface area contributed by atoms with Gasteiger partial charge in [0.05, 0.1) is 6.20 Å². The maximum Gasteiger partial charge on any atom is 0.141 e. The van der Waals surface area contributed by atoms with Gasteiger partial charge in [0.25, 0.3) is 0 Å². The SMILES string of the molecule is CCN(c1ncc(F)cc1CNC(C)C)C(C)C. The van der Waals surface area contributed by atoms with Crippen molar-refractivity contribution in [3.8, 4) is 0 Å². The number of hydrogen-bond acceptors (Lipinski definition) is 3. The average Bonchev–Trinajstić information content (AvgIpc) is 2.29. The summed E-state index contributed by atoms with van der Waals surface area (Å²) >= 11 is 0. The molecule has 0 fully saturated rings. The highest BCUT2D eigenvalue weighted by Crippen LogP contribution is 2.20. The fraction of sp³-hybridized carbons (Fsp3) is 0.643. The molecule has 0 aliphatic rings. The molecule has 0 aromatic carbocycles. The predicted molar refractivity (Wildman–Crippen MR) is 74.3 cm³/mol. The molecule has 0 radical (unpaired) electrons. The number of nitrogens with one attached hydrogen (secondary N) is 1. The molecule has 0 spiro atoms. The van der Waals surface area contributed by atoms with Crippen LogP contribution in [0.4, 0.5) is 10.2 Å². The minimum atomic E-state index is -0.279. The van der Waals surface area contributed by atoms with Gasteiger partial charge in [-0.3, -0.25) is 0 Å². The Morgan fingerprint density at radius 1 is 1.33 bits per heavy atom. The number of anilines is 1. The fourth-order valence-electron chi connectivity index (χ4n) is 1.94. The Labute approximate surface area is 109 Å². The van der Waals surface area contributed by atoms with Crippen LogP contribution < -0.4 is 10.2 Å². The van der Waals surface area contributed by atoms with E-state index in [1.165, 1.54) is 6.20 Å². The standard InChI is InChI=1S/C14H24FN3/c1-6-18(11(4)5)14-12(8-16-10(2)3)7-13(15)9-17-14/h7,9-11,16H,6,8H2,1-5H3. The van der Waals surface area contributed by atoms with Crippen molar-refractivity contribution in [3.63, 3.8) is 0 Å². The summed E-state index contributed by atoms with van der Waals surface area (Å²) in [5, 5.41) is 3.31. The molecule has 0 aliphatic carbocycles. The third-order valence-electron chi connectivity index (χ3n) is 2.85. The molecular weight excluding hydrogens is 229 g/mol. The minimum absolute atomic E-state index is 0.279. The Bertz CT molecular complexity index is 377. The molecule has 1 aromatic rings. The van der Waals surface area contributed by atoms with Crippen LogP contribution >= 0.6 is 0 Å². The number of nitrogens with zero attached hydrogens (tertiary/aromatic N) is 2. The van der Waals surface area contributed by atoms with Crippen molar-refractivity contribution >= 4 is 5.82 Å². The van der Waals surface area contributed by atoms with Gasteiger partial charge in [-0.1, -0.05) is 13.8 Å². The summed E-state index contributed by atoms with van der Waals surface area (Å²) in [7, 11) is 0. The van der Waals surface area contributed by atoms with Crippen LogP contribution in [0.15, 0.2) is 12.3 Å². The number of halogens is 1. The first-order valence-corrected chi connectivity index (χ1v) is 6.60. The predicted octanol–water partition coefficient (Wildman–Crippen LogP) is 2.95. The van der Waals surface area contributed by atoms with Gasteiger partial charge in [0.15, 0.2) is 0 Å². The van der Waals surface area contributed by atoms with Gasteiger partial charge >= 0.3 is 0 Å². The van der Waals surface area contributed by atoms with Gasteiger partial charge in [-0.15, -0.1) is 0 Å². The first-order chi connectivity index (χ1) is 8.45. The van der Waals surface area contributed by atoms with Gasteiger partial charge in [0.1, 0.15) is 11.6 Å². The van der Waals surface area contributed by atoms with E-state index in [0.717, 1.165) is 17.9 Å². The number of rotatable bonds is 6. The molecule has 1 N–H and O–H groups in total. The molecule has 1 aromatic heterocycles. The Balaban J connectivity index is 3.01. The first-order valence-electron chi connectivity index (χ1n) is 6.60.